The van der Waals surface area contributed by atoms with Crippen molar-refractivity contribution in [2.24, 2.45) is 0 Å². The van der Waals surface area contributed by atoms with E-state index in [4.69, 9.17) is 4.74 Å². The van der Waals surface area contributed by atoms with Gasteiger partial charge in [0.2, 0.25) is 5.91 Å². The van der Waals surface area contributed by atoms with E-state index in [0.717, 1.165) is 0 Å². The molecule has 1 aliphatic rings. The second kappa shape index (κ2) is 3.38. The first-order valence-electron chi connectivity index (χ1n) is 4.62. The van der Waals surface area contributed by atoms with Gasteiger partial charge in [-0.25, -0.2) is 0 Å². The number of methoxy groups -OCH3 is 1. The van der Waals surface area contributed by atoms with E-state index in [-0.39, 0.29) is 18.1 Å². The summed E-state index contributed by atoms with van der Waals surface area (Å²) in [5, 5.41) is 0. The topological polar surface area (TPSA) is 46.6 Å². The largest absolute Gasteiger partial charge is 0.495 e. The lowest BCUT2D eigenvalue weighted by atomic mass is 10.00. The first kappa shape index (κ1) is 9.71. The third kappa shape index (κ3) is 1.38. The number of ketones is 1. The molecule has 0 atom stereocenters. The maximum Gasteiger partial charge on any atom is 0.234 e. The van der Waals surface area contributed by atoms with E-state index >= 15 is 0 Å². The summed E-state index contributed by atoms with van der Waals surface area (Å²) in [7, 11) is 3.17. The van der Waals surface area contributed by atoms with E-state index in [1.54, 1.807) is 25.2 Å². The number of nitrogens with zero attached hydrogens (tertiary/aromatic N) is 1. The van der Waals surface area contributed by atoms with Gasteiger partial charge in [0.05, 0.1) is 19.2 Å². The predicted octanol–water partition coefficient (Wildman–Crippen LogP) is 1.24. The summed E-state index contributed by atoms with van der Waals surface area (Å²) >= 11 is 0. The molecular weight excluding hydrogens is 194 g/mol. The quantitative estimate of drug-likeness (QED) is 0.648. The number of Topliss-reactive ketones (excluding diaryl/α,β-unsaturated/α-hetero) is 1. The fraction of sp³-hybridized carbons (Fsp3) is 0.273. The van der Waals surface area contributed by atoms with E-state index in [2.05, 4.69) is 0 Å². The molecule has 0 unspecified atom stereocenters. The first-order valence-corrected chi connectivity index (χ1v) is 4.62. The number of fused-ring (bicyclic) bond motifs is 1. The van der Waals surface area contributed by atoms with Crippen molar-refractivity contribution in [3.63, 3.8) is 0 Å². The number of carbonyl (C=O) groups is 2. The minimum absolute atomic E-state index is 0.0589. The smallest absolute Gasteiger partial charge is 0.234 e. The summed E-state index contributed by atoms with van der Waals surface area (Å²) in [6.45, 7) is 0. The number of carbonyl (C=O) groups excluding carboxylic acids is 2. The molecule has 1 aromatic carbocycles. The van der Waals surface area contributed by atoms with Gasteiger partial charge in [0.25, 0.3) is 0 Å². The van der Waals surface area contributed by atoms with Crippen LogP contribution in [0.1, 0.15) is 16.8 Å². The van der Waals surface area contributed by atoms with Crippen molar-refractivity contribution in [2.75, 3.05) is 19.1 Å². The number of hydrogen-bond donors (Lipinski definition) is 0. The minimum Gasteiger partial charge on any atom is -0.495 e. The van der Waals surface area contributed by atoms with Gasteiger partial charge in [-0.15, -0.1) is 0 Å². The van der Waals surface area contributed by atoms with E-state index in [9.17, 15) is 9.59 Å². The number of hydrogen-bond acceptors (Lipinski definition) is 3. The van der Waals surface area contributed by atoms with Gasteiger partial charge in [0.1, 0.15) is 5.75 Å². The molecule has 0 aromatic heterocycles. The van der Waals surface area contributed by atoms with Gasteiger partial charge in [-0.2, -0.15) is 0 Å². The van der Waals surface area contributed by atoms with Crippen LogP contribution in [0.3, 0.4) is 0 Å². The molecule has 15 heavy (non-hydrogen) atoms. The lowest BCUT2D eigenvalue weighted by Gasteiger charge is -2.26. The third-order valence-electron chi connectivity index (χ3n) is 2.54. The fourth-order valence-electron chi connectivity index (χ4n) is 1.73. The van der Waals surface area contributed by atoms with Crippen molar-refractivity contribution < 1.29 is 14.3 Å². The van der Waals surface area contributed by atoms with Crippen LogP contribution in [0.15, 0.2) is 18.2 Å². The van der Waals surface area contributed by atoms with Crippen molar-refractivity contribution in [1.29, 1.82) is 0 Å². The second-order valence-electron chi connectivity index (χ2n) is 3.41. The van der Waals surface area contributed by atoms with Gasteiger partial charge in [-0.3, -0.25) is 9.59 Å². The fourth-order valence-corrected chi connectivity index (χ4v) is 1.73. The number of rotatable bonds is 1. The van der Waals surface area contributed by atoms with E-state index in [1.165, 1.54) is 12.0 Å². The Bertz CT molecular complexity index is 439. The number of amides is 1. The lowest BCUT2D eigenvalue weighted by molar-refractivity contribution is -0.117. The highest BCUT2D eigenvalue weighted by Crippen LogP contribution is 2.35. The average molecular weight is 205 g/mol. The molecule has 1 aliphatic heterocycles. The van der Waals surface area contributed by atoms with E-state index in [1.807, 2.05) is 0 Å². The number of anilines is 1. The normalized spacial score (nSPS) is 15.2. The molecule has 0 N–H and O–H groups in total. The van der Waals surface area contributed by atoms with Crippen LogP contribution in [0.4, 0.5) is 5.69 Å². The summed E-state index contributed by atoms with van der Waals surface area (Å²) < 4.78 is 5.13. The summed E-state index contributed by atoms with van der Waals surface area (Å²) in [6.07, 6.45) is -0.0589. The molecule has 0 spiro atoms. The maximum atomic E-state index is 11.6. The number of ether oxygens (including phenoxy) is 1. The Morgan fingerprint density at radius 1 is 1.33 bits per heavy atom. The Morgan fingerprint density at radius 2 is 2.07 bits per heavy atom. The second-order valence-corrected chi connectivity index (χ2v) is 3.41. The van der Waals surface area contributed by atoms with Crippen molar-refractivity contribution in [2.45, 2.75) is 6.42 Å². The van der Waals surface area contributed by atoms with Gasteiger partial charge in [-0.1, -0.05) is 6.07 Å². The molecule has 0 saturated heterocycles. The molecule has 2 rings (SSSR count). The molecule has 4 heteroatoms. The zero-order chi connectivity index (χ0) is 11.0. The maximum absolute atomic E-state index is 11.6. The van der Waals surface area contributed by atoms with Crippen molar-refractivity contribution in [3.8, 4) is 5.75 Å². The van der Waals surface area contributed by atoms with Crippen molar-refractivity contribution in [1.82, 2.24) is 0 Å². The van der Waals surface area contributed by atoms with Crippen LogP contribution in [0.2, 0.25) is 0 Å². The predicted molar refractivity (Wildman–Crippen MR) is 55.4 cm³/mol. The zero-order valence-corrected chi connectivity index (χ0v) is 8.61. The Balaban J connectivity index is 2.65. The molecule has 0 radical (unpaired) electrons. The Kier molecular flexibility index (Phi) is 2.19. The van der Waals surface area contributed by atoms with Crippen LogP contribution in [0, 0.1) is 0 Å². The average Bonchev–Trinajstić information content (AvgIpc) is 2.25. The number of benzene rings is 1. The van der Waals surface area contributed by atoms with E-state index in [0.29, 0.717) is 17.0 Å². The van der Waals surface area contributed by atoms with E-state index < -0.39 is 0 Å². The number of para-hydroxylation sites is 1. The van der Waals surface area contributed by atoms with Crippen LogP contribution in [-0.2, 0) is 4.79 Å². The zero-order valence-electron chi connectivity index (χ0n) is 8.61. The van der Waals surface area contributed by atoms with Gasteiger partial charge >= 0.3 is 0 Å². The molecule has 1 aromatic rings. The highest BCUT2D eigenvalue weighted by Gasteiger charge is 2.29. The van der Waals surface area contributed by atoms with Crippen molar-refractivity contribution >= 4 is 17.4 Å². The molecular formula is C11H11NO3. The minimum atomic E-state index is -0.197. The first-order chi connectivity index (χ1) is 7.15. The summed E-state index contributed by atoms with van der Waals surface area (Å²) in [4.78, 5) is 24.6. The molecule has 0 aliphatic carbocycles. The standard InChI is InChI=1S/C11H11NO3/c1-12-10(14)6-8(13)7-4-3-5-9(15-2)11(7)12/h3-5H,6H2,1-2H3. The molecule has 4 nitrogen and oxygen atoms in total. The van der Waals surface area contributed by atoms with Gasteiger partial charge in [0.15, 0.2) is 5.78 Å². The van der Waals surface area contributed by atoms with Crippen LogP contribution in [0.25, 0.3) is 0 Å². The van der Waals surface area contributed by atoms with Crippen LogP contribution >= 0.6 is 0 Å². The van der Waals surface area contributed by atoms with Gasteiger partial charge < -0.3 is 9.64 Å². The Morgan fingerprint density at radius 3 is 2.73 bits per heavy atom. The van der Waals surface area contributed by atoms with Crippen molar-refractivity contribution in [3.05, 3.63) is 23.8 Å². The molecule has 0 saturated carbocycles. The third-order valence-corrected chi connectivity index (χ3v) is 2.54. The SMILES string of the molecule is COc1cccc2c1N(C)C(=O)CC2=O. The molecule has 78 valence electrons. The Hall–Kier alpha value is -1.84. The monoisotopic (exact) mass is 205 g/mol. The van der Waals surface area contributed by atoms with Crippen LogP contribution in [0.5, 0.6) is 5.75 Å². The summed E-state index contributed by atoms with van der Waals surface area (Å²) in [5.74, 6) is 0.209. The lowest BCUT2D eigenvalue weighted by Crippen LogP contribution is -2.34. The van der Waals surface area contributed by atoms with Crippen LogP contribution < -0.4 is 9.64 Å². The highest BCUT2D eigenvalue weighted by molar-refractivity contribution is 6.20. The molecule has 1 heterocycles. The Labute approximate surface area is 87.4 Å². The molecule has 1 amide bonds. The van der Waals surface area contributed by atoms with Crippen LogP contribution in [-0.4, -0.2) is 25.8 Å². The molecule has 0 fully saturated rings. The highest BCUT2D eigenvalue weighted by atomic mass is 16.5. The van der Waals surface area contributed by atoms with Gasteiger partial charge in [0, 0.05) is 12.6 Å². The molecule has 0 bridgehead atoms. The summed E-state index contributed by atoms with van der Waals surface area (Å²) in [5.41, 5.74) is 1.12. The summed E-state index contributed by atoms with van der Waals surface area (Å²) in [6, 6.07) is 5.20. The van der Waals surface area contributed by atoms with Gasteiger partial charge in [-0.05, 0) is 12.1 Å².